The Morgan fingerprint density at radius 1 is 1.07 bits per heavy atom. The van der Waals surface area contributed by atoms with Crippen molar-refractivity contribution in [1.29, 1.82) is 0 Å². The maximum atomic E-state index is 14.8. The van der Waals surface area contributed by atoms with Gasteiger partial charge in [-0.05, 0) is 80.7 Å². The maximum absolute atomic E-state index is 14.8. The highest BCUT2D eigenvalue weighted by Crippen LogP contribution is 2.49. The van der Waals surface area contributed by atoms with Crippen LogP contribution in [0, 0.1) is 5.82 Å². The fourth-order valence-electron chi connectivity index (χ4n) is 6.15. The first-order chi connectivity index (χ1) is 19.4. The van der Waals surface area contributed by atoms with Crippen LogP contribution in [0.2, 0.25) is 5.02 Å². The van der Waals surface area contributed by atoms with E-state index in [1.165, 1.54) is 6.07 Å². The van der Waals surface area contributed by atoms with Crippen LogP contribution in [0.5, 0.6) is 11.5 Å². The molecule has 2 fully saturated rings. The summed E-state index contributed by atoms with van der Waals surface area (Å²) in [4.78, 5) is 7.51. The summed E-state index contributed by atoms with van der Waals surface area (Å²) in [5.41, 5.74) is 3.61. The molecule has 1 aromatic heterocycles. The van der Waals surface area contributed by atoms with Crippen molar-refractivity contribution in [3.05, 3.63) is 86.9 Å². The first kappa shape index (κ1) is 26.3. The van der Waals surface area contributed by atoms with Crippen LogP contribution in [0.3, 0.4) is 0 Å². The topological polar surface area (TPSA) is 48.8 Å². The molecule has 4 heterocycles. The SMILES string of the molecule is CC1(c2ccc(Cl)cc2F)Oc2cccc(C3CCN(Cc4nc5cc(Br)ccc5n4C[C@@H]4CCO4)CC3)c2O1. The van der Waals surface area contributed by atoms with Crippen molar-refractivity contribution < 1.29 is 18.6 Å². The van der Waals surface area contributed by atoms with Gasteiger partial charge in [0.25, 0.3) is 5.79 Å². The molecule has 2 saturated heterocycles. The number of benzene rings is 3. The van der Waals surface area contributed by atoms with Crippen molar-refractivity contribution in [3.8, 4) is 11.5 Å². The number of piperidine rings is 1. The van der Waals surface area contributed by atoms with Crippen LogP contribution in [-0.4, -0.2) is 40.3 Å². The molecule has 0 N–H and O–H groups in total. The van der Waals surface area contributed by atoms with Gasteiger partial charge in [0.2, 0.25) is 0 Å². The van der Waals surface area contributed by atoms with Crippen LogP contribution in [0.25, 0.3) is 11.0 Å². The molecular formula is C31H30BrClFN3O3. The molecule has 0 spiro atoms. The number of hydrogen-bond donors (Lipinski definition) is 0. The summed E-state index contributed by atoms with van der Waals surface area (Å²) in [7, 11) is 0. The number of para-hydroxylation sites is 1. The van der Waals surface area contributed by atoms with E-state index in [-0.39, 0.29) is 6.10 Å². The first-order valence-electron chi connectivity index (χ1n) is 13.8. The summed E-state index contributed by atoms with van der Waals surface area (Å²) in [6.45, 7) is 6.13. The van der Waals surface area contributed by atoms with Gasteiger partial charge in [-0.1, -0.05) is 39.7 Å². The standard InChI is InChI=1S/C31H30BrClFN3O3/c1-31(24-7-6-21(33)16-25(24)34)39-28-4-2-3-23(30(28)40-31)19-9-12-36(13-10-19)18-29-35-26-15-20(32)5-8-27(26)37(29)17-22-11-14-38-22/h2-8,15-16,19,22H,9-14,17-18H2,1H3/t22-,31?/m0/s1. The first-order valence-corrected chi connectivity index (χ1v) is 15.0. The van der Waals surface area contributed by atoms with Crippen LogP contribution < -0.4 is 9.47 Å². The molecule has 208 valence electrons. The molecule has 0 saturated carbocycles. The summed E-state index contributed by atoms with van der Waals surface area (Å²) in [5.74, 6) is 1.08. The zero-order valence-corrected chi connectivity index (χ0v) is 24.5. The zero-order chi connectivity index (χ0) is 27.4. The maximum Gasteiger partial charge on any atom is 0.278 e. The van der Waals surface area contributed by atoms with Gasteiger partial charge >= 0.3 is 0 Å². The smallest absolute Gasteiger partial charge is 0.278 e. The van der Waals surface area contributed by atoms with Gasteiger partial charge in [-0.25, -0.2) is 9.37 Å². The van der Waals surface area contributed by atoms with Crippen molar-refractivity contribution in [2.24, 2.45) is 0 Å². The summed E-state index contributed by atoms with van der Waals surface area (Å²) in [5, 5.41) is 0.340. The van der Waals surface area contributed by atoms with E-state index in [0.29, 0.717) is 28.0 Å². The predicted molar refractivity (Wildman–Crippen MR) is 156 cm³/mol. The van der Waals surface area contributed by atoms with E-state index < -0.39 is 11.6 Å². The van der Waals surface area contributed by atoms with Crippen LogP contribution >= 0.6 is 27.5 Å². The number of nitrogens with zero attached hydrogens (tertiary/aromatic N) is 3. The number of likely N-dealkylation sites (tertiary alicyclic amines) is 1. The van der Waals surface area contributed by atoms with Crippen LogP contribution in [0.1, 0.15) is 49.1 Å². The van der Waals surface area contributed by atoms with Crippen molar-refractivity contribution in [1.82, 2.24) is 14.5 Å². The van der Waals surface area contributed by atoms with Crippen molar-refractivity contribution in [3.63, 3.8) is 0 Å². The number of fused-ring (bicyclic) bond motifs is 2. The molecule has 3 aliphatic heterocycles. The number of aromatic nitrogens is 2. The minimum absolute atomic E-state index is 0.264. The van der Waals surface area contributed by atoms with Gasteiger partial charge < -0.3 is 18.8 Å². The minimum Gasteiger partial charge on any atom is -0.444 e. The van der Waals surface area contributed by atoms with E-state index >= 15 is 0 Å². The van der Waals surface area contributed by atoms with E-state index in [0.717, 1.165) is 78.9 Å². The zero-order valence-electron chi connectivity index (χ0n) is 22.2. The largest absolute Gasteiger partial charge is 0.444 e. The lowest BCUT2D eigenvalue weighted by atomic mass is 9.88. The Morgan fingerprint density at radius 3 is 2.65 bits per heavy atom. The molecule has 4 aromatic rings. The van der Waals surface area contributed by atoms with Crippen LogP contribution in [-0.2, 0) is 23.6 Å². The fraction of sp³-hybridized carbons (Fsp3) is 0.387. The van der Waals surface area contributed by atoms with Gasteiger partial charge in [-0.15, -0.1) is 0 Å². The summed E-state index contributed by atoms with van der Waals surface area (Å²) < 4.78 is 36.5. The normalized spacial score (nSPS) is 23.1. The highest BCUT2D eigenvalue weighted by Gasteiger charge is 2.43. The van der Waals surface area contributed by atoms with E-state index in [1.807, 2.05) is 12.1 Å². The third-order valence-corrected chi connectivity index (χ3v) is 9.12. The summed E-state index contributed by atoms with van der Waals surface area (Å²) in [6.07, 6.45) is 3.34. The Bertz CT molecular complexity index is 1580. The highest BCUT2D eigenvalue weighted by molar-refractivity contribution is 9.10. The second-order valence-electron chi connectivity index (χ2n) is 11.1. The Hall–Kier alpha value is -2.65. The molecule has 0 aliphatic carbocycles. The molecule has 7 rings (SSSR count). The number of imidazole rings is 1. The van der Waals surface area contributed by atoms with Crippen molar-refractivity contribution in [2.45, 2.75) is 57.1 Å². The Morgan fingerprint density at radius 2 is 1.90 bits per heavy atom. The third kappa shape index (κ3) is 4.79. The number of rotatable bonds is 6. The van der Waals surface area contributed by atoms with Gasteiger partial charge in [0.05, 0.1) is 35.8 Å². The molecule has 3 aliphatic rings. The second-order valence-corrected chi connectivity index (χ2v) is 12.4. The lowest BCUT2D eigenvalue weighted by molar-refractivity contribution is -0.0712. The van der Waals surface area contributed by atoms with E-state index in [2.05, 4.69) is 49.7 Å². The van der Waals surface area contributed by atoms with Gasteiger partial charge in [-0.2, -0.15) is 0 Å². The molecule has 2 atom stereocenters. The van der Waals surface area contributed by atoms with E-state index in [4.69, 9.17) is 30.8 Å². The van der Waals surface area contributed by atoms with Gasteiger partial charge in [-0.3, -0.25) is 4.90 Å². The molecule has 3 aromatic carbocycles. The minimum atomic E-state index is -1.24. The van der Waals surface area contributed by atoms with Crippen LogP contribution in [0.4, 0.5) is 4.39 Å². The molecule has 6 nitrogen and oxygen atoms in total. The Labute approximate surface area is 246 Å². The molecule has 1 unspecified atom stereocenters. The monoisotopic (exact) mass is 625 g/mol. The lowest BCUT2D eigenvalue weighted by Gasteiger charge is -2.33. The fourth-order valence-corrected chi connectivity index (χ4v) is 6.66. The van der Waals surface area contributed by atoms with E-state index in [1.54, 1.807) is 19.1 Å². The quantitative estimate of drug-likeness (QED) is 0.223. The van der Waals surface area contributed by atoms with Crippen molar-refractivity contribution >= 4 is 38.6 Å². The Balaban J connectivity index is 1.07. The molecule has 0 bridgehead atoms. The lowest BCUT2D eigenvalue weighted by Crippen LogP contribution is -2.35. The van der Waals surface area contributed by atoms with Gasteiger partial charge in [0, 0.05) is 28.6 Å². The molecule has 0 amide bonds. The van der Waals surface area contributed by atoms with Gasteiger partial charge in [0.15, 0.2) is 11.5 Å². The van der Waals surface area contributed by atoms with E-state index in [9.17, 15) is 4.39 Å². The number of hydrogen-bond acceptors (Lipinski definition) is 5. The number of ether oxygens (including phenoxy) is 3. The average molecular weight is 627 g/mol. The molecule has 0 radical (unpaired) electrons. The van der Waals surface area contributed by atoms with Gasteiger partial charge in [0.1, 0.15) is 11.6 Å². The van der Waals surface area contributed by atoms with Crippen LogP contribution in [0.15, 0.2) is 59.1 Å². The van der Waals surface area contributed by atoms with Crippen molar-refractivity contribution in [2.75, 3.05) is 19.7 Å². The molecule has 9 heteroatoms. The molecule has 40 heavy (non-hydrogen) atoms. The third-order valence-electron chi connectivity index (χ3n) is 8.39. The molecular weight excluding hydrogens is 597 g/mol. The second kappa shape index (κ2) is 10.3. The summed E-state index contributed by atoms with van der Waals surface area (Å²) >= 11 is 9.57. The Kier molecular flexibility index (Phi) is 6.77. The highest BCUT2D eigenvalue weighted by atomic mass is 79.9. The number of halogens is 3. The predicted octanol–water partition coefficient (Wildman–Crippen LogP) is 7.40. The summed E-state index contributed by atoms with van der Waals surface area (Å²) in [6, 6.07) is 16.9. The average Bonchev–Trinajstić information content (AvgIpc) is 3.42.